The number of nitrogens with two attached hydrogens (primary N) is 1. The van der Waals surface area contributed by atoms with Crippen LogP contribution in [0.5, 0.6) is 0 Å². The zero-order valence-corrected chi connectivity index (χ0v) is 48.8. The van der Waals surface area contributed by atoms with E-state index in [-0.39, 0.29) is 67.7 Å². The van der Waals surface area contributed by atoms with Crippen molar-refractivity contribution in [2.45, 2.75) is 84.5 Å². The molecule has 4 aromatic carbocycles. The summed E-state index contributed by atoms with van der Waals surface area (Å²) in [5.74, 6) is -4.30. The zero-order chi connectivity index (χ0) is 63.7. The maximum Gasteiger partial charge on any atom is 0.519 e. The van der Waals surface area contributed by atoms with E-state index in [1.165, 1.54) is 26.2 Å². The lowest BCUT2D eigenvalue weighted by atomic mass is 9.97. The van der Waals surface area contributed by atoms with Crippen LogP contribution in [0.3, 0.4) is 0 Å². The normalized spacial score (nSPS) is 12.1. The van der Waals surface area contributed by atoms with Crippen LogP contribution in [-0.4, -0.2) is 93.0 Å². The van der Waals surface area contributed by atoms with E-state index >= 15 is 0 Å². The number of carbonyl (C=O) groups excluding carboxylic acids is 3. The van der Waals surface area contributed by atoms with E-state index in [9.17, 15) is 48.6 Å². The van der Waals surface area contributed by atoms with Gasteiger partial charge < -0.3 is 53.5 Å². The number of aryl methyl sites for hydroxylation is 2. The Hall–Kier alpha value is -10.4. The van der Waals surface area contributed by atoms with Gasteiger partial charge in [0.2, 0.25) is 0 Å². The average Bonchev–Trinajstić information content (AvgIpc) is 2.37. The second kappa shape index (κ2) is 31.5. The number of benzene rings is 4. The van der Waals surface area contributed by atoms with E-state index in [1.807, 2.05) is 84.9 Å². The molecule has 0 aliphatic heterocycles. The molecule has 0 spiro atoms. The molecule has 10 rings (SSSR count). The van der Waals surface area contributed by atoms with Crippen LogP contribution in [0, 0.1) is 13.8 Å². The van der Waals surface area contributed by atoms with Crippen LogP contribution >= 0.6 is 23.2 Å². The maximum absolute atomic E-state index is 13.2. The van der Waals surface area contributed by atoms with Gasteiger partial charge in [0.15, 0.2) is 60.1 Å². The van der Waals surface area contributed by atoms with Crippen molar-refractivity contribution in [3.05, 3.63) is 256 Å². The second-order valence-electron chi connectivity index (χ2n) is 19.7. The molecule has 0 aliphatic carbocycles. The van der Waals surface area contributed by atoms with E-state index in [2.05, 4.69) is 29.9 Å². The number of aliphatic hydroxyl groups excluding tert-OH is 2. The minimum atomic E-state index is -1.63. The Morgan fingerprint density at radius 3 is 1.50 bits per heavy atom. The molecule has 27 heteroatoms. The quantitative estimate of drug-likeness (QED) is 0.0339. The number of pyridine rings is 2. The molecule has 468 valence electrons. The number of nitrogens with zero attached hydrogens (tertiary/aromatic N) is 4. The minimum Gasteiger partial charge on any atom is -0.477 e. The Morgan fingerprint density at radius 1 is 0.578 bits per heavy atom. The first kappa shape index (κ1) is 67.1. The smallest absolute Gasteiger partial charge is 0.477 e. The fourth-order valence-electron chi connectivity index (χ4n) is 8.66. The average molecular weight is 1270 g/mol. The van der Waals surface area contributed by atoms with Crippen molar-refractivity contribution in [1.29, 1.82) is 0 Å². The monoisotopic (exact) mass is 1270 g/mol. The molecule has 6 aromatic heterocycles. The molecule has 10 aromatic rings. The number of carbonyl (C=O) groups is 4. The number of aromatic nitrogens is 6. The Morgan fingerprint density at radius 2 is 1.04 bits per heavy atom. The van der Waals surface area contributed by atoms with Gasteiger partial charge >= 0.3 is 29.6 Å². The van der Waals surface area contributed by atoms with Gasteiger partial charge in [-0.05, 0) is 115 Å². The number of aromatic amines is 2. The highest BCUT2D eigenvalue weighted by molar-refractivity contribution is 6.31. The summed E-state index contributed by atoms with van der Waals surface area (Å²) in [7, 11) is 0. The number of aromatic carboxylic acids is 1. The van der Waals surface area contributed by atoms with Crippen LogP contribution < -0.4 is 33.8 Å². The first-order valence-electron chi connectivity index (χ1n) is 27.0. The molecule has 90 heavy (non-hydrogen) atoms. The number of hydrogen-bond donors (Lipinski definition) is 7. The van der Waals surface area contributed by atoms with Crippen molar-refractivity contribution in [3.8, 4) is 33.9 Å². The number of nitrogens with one attached hydrogen (secondary N) is 3. The minimum absolute atomic E-state index is 0. The van der Waals surface area contributed by atoms with Gasteiger partial charge in [-0.3, -0.25) is 24.6 Å². The SMILES string of the molecule is C.Cc1oc(=O)oc1COC(=O)[C@H](O)C[C@@H](Cc1ccc(-c2ccc(Cl)cc2)cc1)NC(=O)c1cc(=O)n(-c2ccccn2)[nH]1.Cc1oc(=O)oc1COC(=O)[C@H](O)C[C@H](N)Cc1ccc(-c2cccc(Cl)c2)cc1.O=C(O)c1cc(=O)n(-c2ccccn2)[nH]1. The predicted molar refractivity (Wildman–Crippen MR) is 327 cm³/mol. The summed E-state index contributed by atoms with van der Waals surface area (Å²) >= 11 is 12.0. The number of carboxylic acids is 1. The largest absolute Gasteiger partial charge is 0.519 e. The molecule has 4 atom stereocenters. The van der Waals surface area contributed by atoms with E-state index in [4.69, 9.17) is 56.8 Å². The summed E-state index contributed by atoms with van der Waals surface area (Å²) in [6.07, 6.45) is 0.538. The van der Waals surface area contributed by atoms with Gasteiger partial charge in [0, 0.05) is 53.1 Å². The van der Waals surface area contributed by atoms with Crippen LogP contribution in [0.2, 0.25) is 10.0 Å². The lowest BCUT2D eigenvalue weighted by Crippen LogP contribution is -2.41. The van der Waals surface area contributed by atoms with Crippen LogP contribution in [-0.2, 0) is 45.1 Å². The van der Waals surface area contributed by atoms with Gasteiger partial charge in [-0.2, -0.15) is 0 Å². The fourth-order valence-corrected chi connectivity index (χ4v) is 8.98. The third-order valence-electron chi connectivity index (χ3n) is 13.2. The summed E-state index contributed by atoms with van der Waals surface area (Å²) < 4.78 is 31.2. The van der Waals surface area contributed by atoms with Crippen LogP contribution in [0.4, 0.5) is 0 Å². The predicted octanol–water partition coefficient (Wildman–Crippen LogP) is 7.69. The number of rotatable bonds is 21. The highest BCUT2D eigenvalue weighted by atomic mass is 35.5. The number of carboxylic acid groups (broad SMARTS) is 1. The molecular weight excluding hydrogens is 1210 g/mol. The molecule has 25 nitrogen and oxygen atoms in total. The zero-order valence-electron chi connectivity index (χ0n) is 47.2. The summed E-state index contributed by atoms with van der Waals surface area (Å²) in [5.41, 5.74) is 10.7. The van der Waals surface area contributed by atoms with Crippen molar-refractivity contribution >= 4 is 47.0 Å². The van der Waals surface area contributed by atoms with E-state index in [0.29, 0.717) is 28.1 Å². The maximum atomic E-state index is 13.2. The molecule has 0 aliphatic rings. The third-order valence-corrected chi connectivity index (χ3v) is 13.7. The molecule has 0 saturated carbocycles. The van der Waals surface area contributed by atoms with Crippen molar-refractivity contribution in [1.82, 2.24) is 34.8 Å². The second-order valence-corrected chi connectivity index (χ2v) is 20.6. The van der Waals surface area contributed by atoms with Gasteiger partial charge in [-0.25, -0.2) is 43.3 Å². The Balaban J connectivity index is 0.000000215. The van der Waals surface area contributed by atoms with Gasteiger partial charge in [0.05, 0.1) is 0 Å². The van der Waals surface area contributed by atoms with E-state index < -0.39 is 77.5 Å². The van der Waals surface area contributed by atoms with Gasteiger partial charge in [-0.1, -0.05) is 116 Å². The Kier molecular flexibility index (Phi) is 23.4. The number of aliphatic hydroxyl groups is 2. The van der Waals surface area contributed by atoms with Gasteiger partial charge in [0.1, 0.15) is 11.4 Å². The summed E-state index contributed by atoms with van der Waals surface area (Å²) in [6, 6.07) is 41.3. The first-order chi connectivity index (χ1) is 42.7. The molecular formula is C63H60Cl2N8O17. The number of amides is 1. The van der Waals surface area contributed by atoms with Crippen molar-refractivity contribution in [2.24, 2.45) is 5.73 Å². The van der Waals surface area contributed by atoms with E-state index in [1.54, 1.807) is 48.5 Å². The fraction of sp³-hybridized carbons (Fsp3) is 0.206. The number of halogens is 2. The lowest BCUT2D eigenvalue weighted by molar-refractivity contribution is -0.156. The molecule has 0 fully saturated rings. The van der Waals surface area contributed by atoms with Crippen LogP contribution in [0.15, 0.2) is 195 Å². The number of esters is 2. The van der Waals surface area contributed by atoms with E-state index in [0.717, 1.165) is 54.9 Å². The Labute approximate surface area is 520 Å². The van der Waals surface area contributed by atoms with Crippen molar-refractivity contribution < 1.29 is 61.6 Å². The molecule has 0 saturated heterocycles. The first-order valence-corrected chi connectivity index (χ1v) is 27.8. The highest BCUT2D eigenvalue weighted by Gasteiger charge is 2.27. The summed E-state index contributed by atoms with van der Waals surface area (Å²) in [4.78, 5) is 103. The van der Waals surface area contributed by atoms with Crippen LogP contribution in [0.25, 0.3) is 33.9 Å². The molecule has 1 amide bonds. The highest BCUT2D eigenvalue weighted by Crippen LogP contribution is 2.25. The molecule has 8 N–H and O–H groups in total. The standard InChI is InChI=1S/C31H27ClN4O8.C22H22ClNO6.C9H7N3O3.CH4/c1-18-26(44-31(41)43-18)17-42-30(40)25(37)15-23(14-19-5-7-20(8-6-19)21-9-11-22(32)12-10-21)34-29(39)24-16-28(38)36(35-24)27-4-2-3-13-33-27;1-13-20(30-22(27)29-13)12-28-21(26)19(25)11-18(24)9-14-5-7-15(8-6-14)16-3-2-4-17(23)10-16;13-8-5-6(9(14)15)11-12(8)7-3-1-2-4-10-7;/h2-13,16,23,25,35,37H,14-15,17H2,1H3,(H,34,39);2-8,10,18-19,25H,9,11-12,24H2,1H3;1-5,11H,(H,14,15);1H4/t23-,25-;18-,19-;;/m11../s1. The van der Waals surface area contributed by atoms with Crippen molar-refractivity contribution in [3.63, 3.8) is 0 Å². The molecule has 6 heterocycles. The molecule has 0 unspecified atom stereocenters. The number of H-pyrrole nitrogens is 2. The molecule has 0 bridgehead atoms. The van der Waals surface area contributed by atoms with Crippen molar-refractivity contribution in [2.75, 3.05) is 0 Å². The summed E-state index contributed by atoms with van der Waals surface area (Å²) in [6.45, 7) is 2.27. The van der Waals surface area contributed by atoms with Gasteiger partial charge in [-0.15, -0.1) is 0 Å². The number of hydrogen-bond acceptors (Lipinski definition) is 19. The lowest BCUT2D eigenvalue weighted by Gasteiger charge is -2.21. The Bertz CT molecular complexity index is 4270. The van der Waals surface area contributed by atoms with Gasteiger partial charge in [0.25, 0.3) is 17.0 Å². The molecule has 0 radical (unpaired) electrons. The number of ether oxygens (including phenoxy) is 2. The third kappa shape index (κ3) is 18.8. The topological polar surface area (TPSA) is 374 Å². The van der Waals surface area contributed by atoms with Crippen LogP contribution in [0.1, 0.15) is 75.4 Å². The summed E-state index contributed by atoms with van der Waals surface area (Å²) in [5, 5.41) is 38.7.